The van der Waals surface area contributed by atoms with Crippen molar-refractivity contribution < 1.29 is 14.3 Å². The van der Waals surface area contributed by atoms with Gasteiger partial charge >= 0.3 is 5.97 Å². The van der Waals surface area contributed by atoms with E-state index in [1.165, 1.54) is 0 Å². The summed E-state index contributed by atoms with van der Waals surface area (Å²) in [5.74, 6) is 2.77. The number of carbonyl (C=O) groups is 1. The molecular weight excluding hydrogens is 316 g/mol. The molecule has 0 unspecified atom stereocenters. The molecule has 1 N–H and O–H groups in total. The van der Waals surface area contributed by atoms with E-state index in [1.807, 2.05) is 38.1 Å². The van der Waals surface area contributed by atoms with E-state index in [4.69, 9.17) is 15.9 Å². The van der Waals surface area contributed by atoms with Crippen molar-refractivity contribution in [2.24, 2.45) is 5.10 Å². The van der Waals surface area contributed by atoms with Crippen LogP contribution in [0.2, 0.25) is 0 Å². The van der Waals surface area contributed by atoms with Crippen LogP contribution in [0.15, 0.2) is 53.6 Å². The van der Waals surface area contributed by atoms with Gasteiger partial charge in [-0.1, -0.05) is 18.1 Å². The lowest BCUT2D eigenvalue weighted by Gasteiger charge is -2.08. The van der Waals surface area contributed by atoms with Crippen LogP contribution >= 0.6 is 0 Å². The molecule has 128 valence electrons. The van der Waals surface area contributed by atoms with Crippen molar-refractivity contribution in [3.05, 3.63) is 59.7 Å². The first-order valence-electron chi connectivity index (χ1n) is 7.85. The van der Waals surface area contributed by atoms with Gasteiger partial charge in [0.1, 0.15) is 12.4 Å². The van der Waals surface area contributed by atoms with Crippen molar-refractivity contribution >= 4 is 17.9 Å². The molecule has 0 aliphatic rings. The first kappa shape index (κ1) is 18.1. The Kier molecular flexibility index (Phi) is 6.61. The number of rotatable bonds is 7. The molecule has 0 spiro atoms. The lowest BCUT2D eigenvalue weighted by molar-refractivity contribution is 0.0378. The number of anilines is 1. The number of hydrogen-bond acceptors (Lipinski definition) is 5. The maximum Gasteiger partial charge on any atom is 0.338 e. The summed E-state index contributed by atoms with van der Waals surface area (Å²) in [6, 6.07) is 14.3. The smallest absolute Gasteiger partial charge is 0.338 e. The molecule has 25 heavy (non-hydrogen) atoms. The Bertz CT molecular complexity index is 774. The van der Waals surface area contributed by atoms with Crippen molar-refractivity contribution in [2.75, 3.05) is 12.0 Å². The molecule has 0 aliphatic heterocycles. The summed E-state index contributed by atoms with van der Waals surface area (Å²) in [4.78, 5) is 11.8. The van der Waals surface area contributed by atoms with Crippen molar-refractivity contribution in [2.45, 2.75) is 20.0 Å². The third-order valence-corrected chi connectivity index (χ3v) is 3.05. The molecule has 0 fully saturated rings. The molecule has 0 aliphatic carbocycles. The summed E-state index contributed by atoms with van der Waals surface area (Å²) in [5, 5.41) is 4.17. The van der Waals surface area contributed by atoms with Gasteiger partial charge in [-0.2, -0.15) is 5.10 Å². The van der Waals surface area contributed by atoms with Crippen LogP contribution in [-0.4, -0.2) is 24.9 Å². The van der Waals surface area contributed by atoms with Gasteiger partial charge in [-0.25, -0.2) is 4.79 Å². The molecule has 0 amide bonds. The topological polar surface area (TPSA) is 59.9 Å². The second-order valence-electron chi connectivity index (χ2n) is 5.47. The highest BCUT2D eigenvalue weighted by Crippen LogP contribution is 2.13. The Balaban J connectivity index is 1.94. The lowest BCUT2D eigenvalue weighted by Crippen LogP contribution is -2.11. The summed E-state index contributed by atoms with van der Waals surface area (Å²) in [7, 11) is 0. The van der Waals surface area contributed by atoms with E-state index in [0.717, 1.165) is 11.3 Å². The Labute approximate surface area is 147 Å². The highest BCUT2D eigenvalue weighted by Gasteiger charge is 2.08. The number of esters is 1. The zero-order valence-electron chi connectivity index (χ0n) is 14.2. The van der Waals surface area contributed by atoms with E-state index in [-0.39, 0.29) is 18.7 Å². The first-order valence-corrected chi connectivity index (χ1v) is 7.85. The number of benzene rings is 2. The monoisotopic (exact) mass is 336 g/mol. The van der Waals surface area contributed by atoms with E-state index in [2.05, 4.69) is 16.4 Å². The van der Waals surface area contributed by atoms with Gasteiger partial charge in [-0.3, -0.25) is 5.43 Å². The standard InChI is InChI=1S/C20H20N2O3/c1-4-12-24-19-7-5-6-16(13-19)14-21-22-18-10-8-17(9-11-18)20(23)25-15(2)3/h1,5-11,13-15,22H,12H2,2-3H3/b21-14-. The molecule has 5 heteroatoms. The minimum atomic E-state index is -0.339. The number of carbonyl (C=O) groups excluding carboxylic acids is 1. The van der Waals surface area contributed by atoms with Crippen LogP contribution in [0, 0.1) is 12.3 Å². The van der Waals surface area contributed by atoms with Crippen LogP contribution in [-0.2, 0) is 4.74 Å². The minimum Gasteiger partial charge on any atom is -0.481 e. The molecule has 0 saturated carbocycles. The predicted octanol–water partition coefficient (Wildman–Crippen LogP) is 3.71. The lowest BCUT2D eigenvalue weighted by atomic mass is 10.2. The SMILES string of the molecule is C#CCOc1cccc(/C=N\Nc2ccc(C(=O)OC(C)C)cc2)c1. The van der Waals surface area contributed by atoms with E-state index < -0.39 is 0 Å². The number of hydrazone groups is 1. The van der Waals surface area contributed by atoms with Gasteiger partial charge in [0, 0.05) is 0 Å². The van der Waals surface area contributed by atoms with E-state index >= 15 is 0 Å². The van der Waals surface area contributed by atoms with Crippen molar-refractivity contribution in [1.29, 1.82) is 0 Å². The third kappa shape index (κ3) is 6.04. The van der Waals surface area contributed by atoms with Gasteiger partial charge in [0.25, 0.3) is 0 Å². The molecular formula is C20H20N2O3. The molecule has 0 aromatic heterocycles. The highest BCUT2D eigenvalue weighted by molar-refractivity contribution is 5.90. The second-order valence-corrected chi connectivity index (χ2v) is 5.47. The zero-order chi connectivity index (χ0) is 18.1. The largest absolute Gasteiger partial charge is 0.481 e. The molecule has 0 heterocycles. The van der Waals surface area contributed by atoms with Crippen LogP contribution in [0.25, 0.3) is 0 Å². The van der Waals surface area contributed by atoms with E-state index in [0.29, 0.717) is 11.3 Å². The number of terminal acetylenes is 1. The number of ether oxygens (including phenoxy) is 2. The summed E-state index contributed by atoms with van der Waals surface area (Å²) < 4.78 is 10.5. The van der Waals surface area contributed by atoms with Crippen LogP contribution in [0.3, 0.4) is 0 Å². The third-order valence-electron chi connectivity index (χ3n) is 3.05. The maximum atomic E-state index is 11.8. The quantitative estimate of drug-likeness (QED) is 0.362. The fraction of sp³-hybridized carbons (Fsp3) is 0.200. The summed E-state index contributed by atoms with van der Waals surface area (Å²) in [5.41, 5.74) is 5.04. The van der Waals surface area contributed by atoms with Crippen LogP contribution < -0.4 is 10.2 Å². The van der Waals surface area contributed by atoms with Crippen LogP contribution in [0.4, 0.5) is 5.69 Å². The number of nitrogens with one attached hydrogen (secondary N) is 1. The predicted molar refractivity (Wildman–Crippen MR) is 99.0 cm³/mol. The Morgan fingerprint density at radius 2 is 2.04 bits per heavy atom. The van der Waals surface area contributed by atoms with Gasteiger partial charge in [-0.15, -0.1) is 6.42 Å². The normalized spacial score (nSPS) is 10.5. The Morgan fingerprint density at radius 3 is 2.72 bits per heavy atom. The van der Waals surface area contributed by atoms with Gasteiger partial charge < -0.3 is 9.47 Å². The van der Waals surface area contributed by atoms with Crippen LogP contribution in [0.1, 0.15) is 29.8 Å². The van der Waals surface area contributed by atoms with Crippen molar-refractivity contribution in [3.8, 4) is 18.1 Å². The summed E-state index contributed by atoms with van der Waals surface area (Å²) in [6.45, 7) is 3.86. The minimum absolute atomic E-state index is 0.143. The molecule has 0 saturated heterocycles. The van der Waals surface area contributed by atoms with Gasteiger partial charge in [0.05, 0.1) is 23.6 Å². The molecule has 0 radical (unpaired) electrons. The fourth-order valence-electron chi connectivity index (χ4n) is 1.95. The Hall–Kier alpha value is -3.26. The van der Waals surface area contributed by atoms with E-state index in [9.17, 15) is 4.79 Å². The van der Waals surface area contributed by atoms with Gasteiger partial charge in [0.15, 0.2) is 0 Å². The molecule has 0 bridgehead atoms. The summed E-state index contributed by atoms with van der Waals surface area (Å²) >= 11 is 0. The number of hydrogen-bond donors (Lipinski definition) is 1. The zero-order valence-corrected chi connectivity index (χ0v) is 14.2. The average Bonchev–Trinajstić information content (AvgIpc) is 2.60. The first-order chi connectivity index (χ1) is 12.1. The molecule has 2 aromatic carbocycles. The molecule has 5 nitrogen and oxygen atoms in total. The van der Waals surface area contributed by atoms with Crippen LogP contribution in [0.5, 0.6) is 5.75 Å². The highest BCUT2D eigenvalue weighted by atomic mass is 16.5. The van der Waals surface area contributed by atoms with Crippen molar-refractivity contribution in [1.82, 2.24) is 0 Å². The maximum absolute atomic E-state index is 11.8. The molecule has 2 aromatic rings. The van der Waals surface area contributed by atoms with Gasteiger partial charge in [0.2, 0.25) is 0 Å². The van der Waals surface area contributed by atoms with Crippen molar-refractivity contribution in [3.63, 3.8) is 0 Å². The fourth-order valence-corrected chi connectivity index (χ4v) is 1.95. The molecule has 2 rings (SSSR count). The average molecular weight is 336 g/mol. The van der Waals surface area contributed by atoms with Gasteiger partial charge in [-0.05, 0) is 55.8 Å². The Morgan fingerprint density at radius 1 is 1.28 bits per heavy atom. The number of nitrogens with zero attached hydrogens (tertiary/aromatic N) is 1. The van der Waals surface area contributed by atoms with E-state index in [1.54, 1.807) is 30.5 Å². The summed E-state index contributed by atoms with van der Waals surface area (Å²) in [6.07, 6.45) is 6.70. The second kappa shape index (κ2) is 9.14. The molecule has 0 atom stereocenters.